The fourth-order valence-electron chi connectivity index (χ4n) is 2.46. The summed E-state index contributed by atoms with van der Waals surface area (Å²) in [6.45, 7) is 2.40. The highest BCUT2D eigenvalue weighted by atomic mass is 32.1. The first-order valence-electron chi connectivity index (χ1n) is 8.44. The van der Waals surface area contributed by atoms with Gasteiger partial charge in [-0.25, -0.2) is 4.98 Å². The second kappa shape index (κ2) is 8.92. The molecule has 26 heavy (non-hydrogen) atoms. The van der Waals surface area contributed by atoms with E-state index in [-0.39, 0.29) is 5.91 Å². The number of hydrogen-bond acceptors (Lipinski definition) is 3. The number of amides is 1. The molecule has 0 fully saturated rings. The maximum Gasteiger partial charge on any atom is 0.244 e. The summed E-state index contributed by atoms with van der Waals surface area (Å²) < 4.78 is 0. The van der Waals surface area contributed by atoms with Gasteiger partial charge in [-0.2, -0.15) is 0 Å². The van der Waals surface area contributed by atoms with Crippen LogP contribution in [0.5, 0.6) is 0 Å². The van der Waals surface area contributed by atoms with Gasteiger partial charge in [0.05, 0.1) is 5.69 Å². The summed E-state index contributed by atoms with van der Waals surface area (Å²) in [4.78, 5) is 16.5. The summed E-state index contributed by atoms with van der Waals surface area (Å²) in [5.41, 5.74) is 4.21. The zero-order valence-corrected chi connectivity index (χ0v) is 15.4. The Morgan fingerprint density at radius 1 is 1.08 bits per heavy atom. The van der Waals surface area contributed by atoms with Gasteiger partial charge in [-0.15, -0.1) is 11.3 Å². The first kappa shape index (κ1) is 17.8. The number of benzene rings is 2. The molecular formula is C22H20N2OS. The van der Waals surface area contributed by atoms with Crippen molar-refractivity contribution in [3.63, 3.8) is 0 Å². The smallest absolute Gasteiger partial charge is 0.244 e. The second-order valence-electron chi connectivity index (χ2n) is 5.71. The molecule has 0 bridgehead atoms. The van der Waals surface area contributed by atoms with Crippen LogP contribution < -0.4 is 5.32 Å². The molecule has 1 aromatic heterocycles. The average molecular weight is 360 g/mol. The molecule has 1 N–H and O–H groups in total. The van der Waals surface area contributed by atoms with Crippen LogP contribution >= 0.6 is 11.3 Å². The summed E-state index contributed by atoms with van der Waals surface area (Å²) >= 11 is 1.63. The van der Waals surface area contributed by atoms with Gasteiger partial charge in [-0.3, -0.25) is 4.79 Å². The van der Waals surface area contributed by atoms with Crippen LogP contribution in [0.25, 0.3) is 21.8 Å². The Morgan fingerprint density at radius 2 is 1.88 bits per heavy atom. The van der Waals surface area contributed by atoms with E-state index in [0.29, 0.717) is 6.54 Å². The molecule has 3 aromatic rings. The standard InChI is InChI=1S/C22H20N2OS/c1-2-3-5-13-21(25)23-15-17-9-8-12-19(14-17)22-24-20(16-26-22)18-10-6-4-7-11-18/h2-14,16H,15H2,1H3,(H,23,25)/b3-2+,13-5+. The molecule has 3 rings (SSSR count). The molecule has 0 saturated heterocycles. The molecule has 0 aliphatic rings. The van der Waals surface area contributed by atoms with Crippen molar-refractivity contribution in [2.24, 2.45) is 0 Å². The van der Waals surface area contributed by atoms with Crippen LogP contribution in [0.15, 0.2) is 84.3 Å². The molecule has 0 unspecified atom stereocenters. The molecule has 0 spiro atoms. The van der Waals surface area contributed by atoms with Gasteiger partial charge in [-0.05, 0) is 18.6 Å². The molecule has 3 nitrogen and oxygen atoms in total. The summed E-state index contributed by atoms with van der Waals surface area (Å²) in [6, 6.07) is 18.3. The van der Waals surface area contributed by atoms with E-state index >= 15 is 0 Å². The number of nitrogens with one attached hydrogen (secondary N) is 1. The van der Waals surface area contributed by atoms with Gasteiger partial charge in [0, 0.05) is 29.1 Å². The number of carbonyl (C=O) groups is 1. The number of carbonyl (C=O) groups excluding carboxylic acids is 1. The van der Waals surface area contributed by atoms with Crippen LogP contribution in [0.4, 0.5) is 0 Å². The first-order chi connectivity index (χ1) is 12.8. The van der Waals surface area contributed by atoms with Crippen LogP contribution in [-0.4, -0.2) is 10.9 Å². The SMILES string of the molecule is C/C=C/C=C/C(=O)NCc1cccc(-c2nc(-c3ccccc3)cs2)c1. The number of rotatable bonds is 6. The van der Waals surface area contributed by atoms with Gasteiger partial charge in [-0.1, -0.05) is 66.8 Å². The van der Waals surface area contributed by atoms with Gasteiger partial charge < -0.3 is 5.32 Å². The van der Waals surface area contributed by atoms with E-state index in [9.17, 15) is 4.79 Å². The van der Waals surface area contributed by atoms with Crippen LogP contribution in [0.3, 0.4) is 0 Å². The molecule has 0 aliphatic heterocycles. The van der Waals surface area contributed by atoms with Crippen molar-refractivity contribution in [3.05, 3.63) is 89.8 Å². The Morgan fingerprint density at radius 3 is 2.69 bits per heavy atom. The van der Waals surface area contributed by atoms with Gasteiger partial charge in [0.25, 0.3) is 0 Å². The van der Waals surface area contributed by atoms with Crippen LogP contribution in [-0.2, 0) is 11.3 Å². The highest BCUT2D eigenvalue weighted by molar-refractivity contribution is 7.13. The molecule has 4 heteroatoms. The molecule has 0 atom stereocenters. The van der Waals surface area contributed by atoms with Gasteiger partial charge in [0.2, 0.25) is 5.91 Å². The van der Waals surface area contributed by atoms with Crippen molar-refractivity contribution in [3.8, 4) is 21.8 Å². The lowest BCUT2D eigenvalue weighted by Gasteiger charge is -2.04. The third kappa shape index (κ3) is 4.77. The minimum atomic E-state index is -0.103. The van der Waals surface area contributed by atoms with Gasteiger partial charge in [0.1, 0.15) is 5.01 Å². The predicted molar refractivity (Wildman–Crippen MR) is 109 cm³/mol. The number of nitrogens with zero attached hydrogens (tertiary/aromatic N) is 1. The maximum atomic E-state index is 11.8. The Labute approximate surface area is 157 Å². The summed E-state index contributed by atoms with van der Waals surface area (Å²) in [5.74, 6) is -0.103. The van der Waals surface area contributed by atoms with Crippen molar-refractivity contribution >= 4 is 17.2 Å². The zero-order chi connectivity index (χ0) is 18.2. The molecule has 1 heterocycles. The highest BCUT2D eigenvalue weighted by Crippen LogP contribution is 2.29. The largest absolute Gasteiger partial charge is 0.348 e. The third-order valence-corrected chi connectivity index (χ3v) is 4.66. The summed E-state index contributed by atoms with van der Waals surface area (Å²) in [7, 11) is 0. The Kier molecular flexibility index (Phi) is 6.12. The van der Waals surface area contributed by atoms with E-state index < -0.39 is 0 Å². The Hall–Kier alpha value is -2.98. The summed E-state index contributed by atoms with van der Waals surface area (Å²) in [6.07, 6.45) is 6.96. The first-order valence-corrected chi connectivity index (χ1v) is 9.31. The van der Waals surface area contributed by atoms with Crippen molar-refractivity contribution < 1.29 is 4.79 Å². The van der Waals surface area contributed by atoms with Crippen LogP contribution in [0, 0.1) is 0 Å². The van der Waals surface area contributed by atoms with Crippen molar-refractivity contribution in [2.45, 2.75) is 13.5 Å². The van der Waals surface area contributed by atoms with Gasteiger partial charge >= 0.3 is 0 Å². The fourth-order valence-corrected chi connectivity index (χ4v) is 3.29. The lowest BCUT2D eigenvalue weighted by molar-refractivity contribution is -0.116. The molecule has 0 radical (unpaired) electrons. The van der Waals surface area contributed by atoms with E-state index in [1.165, 1.54) is 6.08 Å². The van der Waals surface area contributed by atoms with Crippen molar-refractivity contribution in [1.29, 1.82) is 0 Å². The monoisotopic (exact) mass is 360 g/mol. The van der Waals surface area contributed by atoms with Crippen LogP contribution in [0.1, 0.15) is 12.5 Å². The van der Waals surface area contributed by atoms with Gasteiger partial charge in [0.15, 0.2) is 0 Å². The van der Waals surface area contributed by atoms with E-state index in [2.05, 4.69) is 28.9 Å². The van der Waals surface area contributed by atoms with Crippen molar-refractivity contribution in [1.82, 2.24) is 10.3 Å². The Balaban J connectivity index is 1.70. The number of hydrogen-bond donors (Lipinski definition) is 1. The average Bonchev–Trinajstić information content (AvgIpc) is 3.18. The molecular weight excluding hydrogens is 340 g/mol. The minimum absolute atomic E-state index is 0.103. The number of aromatic nitrogens is 1. The minimum Gasteiger partial charge on any atom is -0.348 e. The van der Waals surface area contributed by atoms with Crippen LogP contribution in [0.2, 0.25) is 0 Å². The molecule has 0 aliphatic carbocycles. The highest BCUT2D eigenvalue weighted by Gasteiger charge is 2.07. The fraction of sp³-hybridized carbons (Fsp3) is 0.0909. The molecule has 0 saturated carbocycles. The number of thiazole rings is 1. The maximum absolute atomic E-state index is 11.8. The number of allylic oxidation sites excluding steroid dienone is 3. The molecule has 2 aromatic carbocycles. The Bertz CT molecular complexity index is 926. The van der Waals surface area contributed by atoms with E-state index in [4.69, 9.17) is 4.98 Å². The molecule has 130 valence electrons. The van der Waals surface area contributed by atoms with Crippen molar-refractivity contribution in [2.75, 3.05) is 0 Å². The van der Waals surface area contributed by atoms with E-state index in [1.54, 1.807) is 17.4 Å². The predicted octanol–water partition coefficient (Wildman–Crippen LogP) is 5.23. The molecule has 1 amide bonds. The topological polar surface area (TPSA) is 42.0 Å². The normalized spacial score (nSPS) is 11.3. The zero-order valence-electron chi connectivity index (χ0n) is 14.6. The lowest BCUT2D eigenvalue weighted by atomic mass is 10.1. The van der Waals surface area contributed by atoms with E-state index in [1.807, 2.05) is 55.5 Å². The summed E-state index contributed by atoms with van der Waals surface area (Å²) in [5, 5.41) is 5.94. The van der Waals surface area contributed by atoms with E-state index in [0.717, 1.165) is 27.4 Å². The second-order valence-corrected chi connectivity index (χ2v) is 6.57. The quantitative estimate of drug-likeness (QED) is 0.483. The lowest BCUT2D eigenvalue weighted by Crippen LogP contribution is -2.20. The third-order valence-electron chi connectivity index (χ3n) is 3.77.